The number of amides is 2. The van der Waals surface area contributed by atoms with Crippen LogP contribution in [0.3, 0.4) is 0 Å². The van der Waals surface area contributed by atoms with Gasteiger partial charge in [-0.2, -0.15) is 5.10 Å². The van der Waals surface area contributed by atoms with Gasteiger partial charge < -0.3 is 10.1 Å². The van der Waals surface area contributed by atoms with Crippen LogP contribution in [-0.4, -0.2) is 54.2 Å². The highest BCUT2D eigenvalue weighted by Gasteiger charge is 2.38. The number of thiophene rings is 1. The van der Waals surface area contributed by atoms with Crippen LogP contribution in [0.5, 0.6) is 0 Å². The highest BCUT2D eigenvalue weighted by atomic mass is 35.5. The zero-order valence-electron chi connectivity index (χ0n) is 20.8. The number of anilines is 1. The molecule has 0 bridgehead atoms. The second kappa shape index (κ2) is 12.2. The molecular formula is C28H27ClN4O3S2. The van der Waals surface area contributed by atoms with Gasteiger partial charge in [0.15, 0.2) is 0 Å². The summed E-state index contributed by atoms with van der Waals surface area (Å²) < 4.78 is 6.80. The van der Waals surface area contributed by atoms with Crippen molar-refractivity contribution in [2.75, 3.05) is 37.5 Å². The van der Waals surface area contributed by atoms with Gasteiger partial charge in [0.2, 0.25) is 11.8 Å². The van der Waals surface area contributed by atoms with Gasteiger partial charge in [-0.05, 0) is 30.0 Å². The Balaban J connectivity index is 1.70. The number of methoxy groups -OCH3 is 1. The molecule has 0 aliphatic carbocycles. The highest BCUT2D eigenvalue weighted by molar-refractivity contribution is 8.00. The van der Waals surface area contributed by atoms with Gasteiger partial charge in [-0.15, -0.1) is 23.1 Å². The van der Waals surface area contributed by atoms with Gasteiger partial charge in [-0.25, -0.2) is 4.68 Å². The molecule has 0 saturated heterocycles. The highest BCUT2D eigenvalue weighted by Crippen LogP contribution is 2.49. The number of fused-ring (bicyclic) bond motifs is 1. The maximum Gasteiger partial charge on any atom is 0.240 e. The first-order valence-corrected chi connectivity index (χ1v) is 14.5. The van der Waals surface area contributed by atoms with Crippen LogP contribution in [0.4, 0.5) is 5.82 Å². The molecule has 4 aromatic rings. The molecule has 2 amide bonds. The molecule has 0 spiro atoms. The molecule has 1 aliphatic rings. The Labute approximate surface area is 234 Å². The predicted octanol–water partition coefficient (Wildman–Crippen LogP) is 5.58. The zero-order chi connectivity index (χ0) is 26.5. The van der Waals surface area contributed by atoms with Crippen molar-refractivity contribution in [3.05, 3.63) is 87.6 Å². The van der Waals surface area contributed by atoms with Crippen LogP contribution in [0.2, 0.25) is 5.02 Å². The number of aromatic nitrogens is 2. The summed E-state index contributed by atoms with van der Waals surface area (Å²) in [6.45, 7) is 0.889. The molecule has 3 heterocycles. The van der Waals surface area contributed by atoms with E-state index < -0.39 is 0 Å². The molecular weight excluding hydrogens is 540 g/mol. The Hall–Kier alpha value is -3.11. The van der Waals surface area contributed by atoms with Crippen molar-refractivity contribution in [3.8, 4) is 16.9 Å². The Morgan fingerprint density at radius 1 is 1.13 bits per heavy atom. The van der Waals surface area contributed by atoms with Gasteiger partial charge in [-0.1, -0.05) is 60.1 Å². The smallest absolute Gasteiger partial charge is 0.240 e. The van der Waals surface area contributed by atoms with E-state index in [9.17, 15) is 9.59 Å². The number of carbonyl (C=O) groups excluding carboxylic acids is 2. The van der Waals surface area contributed by atoms with E-state index in [0.29, 0.717) is 36.1 Å². The van der Waals surface area contributed by atoms with Gasteiger partial charge in [-0.3, -0.25) is 14.5 Å². The number of carbonyl (C=O) groups is 2. The molecule has 2 aromatic carbocycles. The number of hydrogen-bond acceptors (Lipinski definition) is 6. The molecule has 7 nitrogen and oxygen atoms in total. The average Bonchev–Trinajstić information content (AvgIpc) is 3.57. The van der Waals surface area contributed by atoms with E-state index in [-0.39, 0.29) is 29.4 Å². The van der Waals surface area contributed by atoms with Crippen molar-refractivity contribution >= 4 is 52.3 Å². The average molecular weight is 567 g/mol. The number of thioether (sulfide) groups is 1. The first-order valence-electron chi connectivity index (χ1n) is 12.2. The number of para-hydroxylation sites is 1. The van der Waals surface area contributed by atoms with Gasteiger partial charge in [0, 0.05) is 36.3 Å². The van der Waals surface area contributed by atoms with Crippen molar-refractivity contribution in [1.82, 2.24) is 15.1 Å². The lowest BCUT2D eigenvalue weighted by Crippen LogP contribution is -2.42. The van der Waals surface area contributed by atoms with E-state index in [1.807, 2.05) is 60.0 Å². The molecule has 1 atom stereocenters. The normalized spacial score (nSPS) is 15.3. The minimum absolute atomic E-state index is 0.124. The predicted molar refractivity (Wildman–Crippen MR) is 154 cm³/mol. The third-order valence-electron chi connectivity index (χ3n) is 6.17. The topological polar surface area (TPSA) is 76.5 Å². The number of hydrogen-bond donors (Lipinski definition) is 1. The summed E-state index contributed by atoms with van der Waals surface area (Å²) in [4.78, 5) is 29.4. The van der Waals surface area contributed by atoms with E-state index in [0.717, 1.165) is 21.7 Å². The Morgan fingerprint density at radius 3 is 2.66 bits per heavy atom. The molecule has 0 saturated carbocycles. The van der Waals surface area contributed by atoms with E-state index in [2.05, 4.69) is 11.4 Å². The molecule has 5 rings (SSSR count). The number of nitrogens with zero attached hydrogens (tertiary/aromatic N) is 3. The summed E-state index contributed by atoms with van der Waals surface area (Å²) in [6.07, 6.45) is 0.688. The second-order valence-electron chi connectivity index (χ2n) is 8.70. The largest absolute Gasteiger partial charge is 0.385 e. The van der Waals surface area contributed by atoms with Crippen LogP contribution in [0.25, 0.3) is 16.9 Å². The maximum absolute atomic E-state index is 13.7. The third kappa shape index (κ3) is 5.51. The molecule has 1 aliphatic heterocycles. The Bertz CT molecular complexity index is 1410. The van der Waals surface area contributed by atoms with Gasteiger partial charge in [0.05, 0.1) is 27.4 Å². The van der Waals surface area contributed by atoms with Crippen molar-refractivity contribution in [2.45, 2.75) is 11.7 Å². The van der Waals surface area contributed by atoms with Crippen LogP contribution in [-0.2, 0) is 14.3 Å². The summed E-state index contributed by atoms with van der Waals surface area (Å²) in [5.74, 6) is 0.394. The number of ether oxygens (including phenoxy) is 1. The van der Waals surface area contributed by atoms with Crippen LogP contribution in [0.15, 0.2) is 72.1 Å². The lowest BCUT2D eigenvalue weighted by atomic mass is 10.0. The van der Waals surface area contributed by atoms with Crippen molar-refractivity contribution in [1.29, 1.82) is 0 Å². The lowest BCUT2D eigenvalue weighted by molar-refractivity contribution is -0.122. The van der Waals surface area contributed by atoms with E-state index in [1.165, 1.54) is 0 Å². The first-order chi connectivity index (χ1) is 18.6. The molecule has 2 aromatic heterocycles. The SMILES string of the molecule is COCCCNC(=O)CN1C(=O)CS[C@@H](c2cccs2)c2c(-c3ccccc3)nn(-c3ccccc3Cl)c21. The fraction of sp³-hybridized carbons (Fsp3) is 0.250. The van der Waals surface area contributed by atoms with Gasteiger partial charge >= 0.3 is 0 Å². The summed E-state index contributed by atoms with van der Waals surface area (Å²) in [6, 6.07) is 21.4. The minimum Gasteiger partial charge on any atom is -0.385 e. The minimum atomic E-state index is -0.242. The van der Waals surface area contributed by atoms with E-state index >= 15 is 0 Å². The van der Waals surface area contributed by atoms with E-state index in [4.69, 9.17) is 21.4 Å². The molecule has 0 radical (unpaired) electrons. The van der Waals surface area contributed by atoms with Crippen molar-refractivity contribution < 1.29 is 14.3 Å². The van der Waals surface area contributed by atoms with Gasteiger partial charge in [0.25, 0.3) is 0 Å². The fourth-order valence-electron chi connectivity index (χ4n) is 4.43. The van der Waals surface area contributed by atoms with Crippen LogP contribution >= 0.6 is 34.7 Å². The zero-order valence-corrected chi connectivity index (χ0v) is 23.2. The van der Waals surface area contributed by atoms with Crippen LogP contribution < -0.4 is 10.2 Å². The lowest BCUT2D eigenvalue weighted by Gasteiger charge is -2.23. The van der Waals surface area contributed by atoms with Crippen LogP contribution in [0, 0.1) is 0 Å². The quantitative estimate of drug-likeness (QED) is 0.268. The standard InChI is InChI=1S/C28H27ClN4O3S2/c1-36-15-8-14-30-23(34)17-32-24(35)18-38-27(22-13-7-16-37-22)25-26(19-9-3-2-4-10-19)31-33(28(25)32)21-12-6-5-11-20(21)29/h2-7,9-13,16,27H,8,14-15,17-18H2,1H3,(H,30,34)/t27-/m0/s1. The monoisotopic (exact) mass is 566 g/mol. The molecule has 1 N–H and O–H groups in total. The van der Waals surface area contributed by atoms with E-state index in [1.54, 1.807) is 45.9 Å². The number of benzene rings is 2. The van der Waals surface area contributed by atoms with Crippen molar-refractivity contribution in [3.63, 3.8) is 0 Å². The maximum atomic E-state index is 13.7. The summed E-state index contributed by atoms with van der Waals surface area (Å²) in [5, 5.41) is 10.4. The van der Waals surface area contributed by atoms with Crippen LogP contribution in [0.1, 0.15) is 22.1 Å². The number of nitrogens with one attached hydrogen (secondary N) is 1. The second-order valence-corrected chi connectivity index (χ2v) is 11.2. The summed E-state index contributed by atoms with van der Waals surface area (Å²) >= 11 is 9.86. The summed E-state index contributed by atoms with van der Waals surface area (Å²) in [7, 11) is 1.63. The number of rotatable bonds is 9. The Kier molecular flexibility index (Phi) is 8.48. The molecule has 38 heavy (non-hydrogen) atoms. The molecule has 10 heteroatoms. The van der Waals surface area contributed by atoms with Crippen molar-refractivity contribution in [2.24, 2.45) is 0 Å². The first kappa shape index (κ1) is 26.5. The Morgan fingerprint density at radius 2 is 1.92 bits per heavy atom. The molecule has 0 fully saturated rings. The summed E-state index contributed by atoms with van der Waals surface area (Å²) in [5.41, 5.74) is 3.21. The van der Waals surface area contributed by atoms with Gasteiger partial charge in [0.1, 0.15) is 12.4 Å². The fourth-order valence-corrected chi connectivity index (χ4v) is 6.82. The third-order valence-corrected chi connectivity index (χ3v) is 8.81. The molecule has 0 unspecified atom stereocenters. The number of halogens is 1. The molecule has 196 valence electrons.